The zero-order valence-corrected chi connectivity index (χ0v) is 15.0. The van der Waals surface area contributed by atoms with Crippen molar-refractivity contribution in [2.75, 3.05) is 0 Å². The minimum atomic E-state index is -0.368. The van der Waals surface area contributed by atoms with Crippen LogP contribution in [0.25, 0.3) is 0 Å². The molecule has 0 aromatic heterocycles. The standard InChI is InChI=1S/C21H36O/c1-4-21(22)14-11-18-16-9-8-15-7-5-6-12-19(15,2)17(16)10-13-20(18,21)3/h15-18,22H,4-14H2,1-3H3/t15?,16-,17+,18+,19+,20+,21+/m1/s1. The summed E-state index contributed by atoms with van der Waals surface area (Å²) in [6, 6.07) is 0. The predicted molar refractivity (Wildman–Crippen MR) is 91.6 cm³/mol. The molecule has 0 saturated heterocycles. The number of hydrogen-bond acceptors (Lipinski definition) is 1. The highest BCUT2D eigenvalue weighted by molar-refractivity contribution is 5.13. The SMILES string of the molecule is CC[C@]1(O)CC[C@H]2[C@@H]3CCC4CCCC[C@]4(C)[C@H]3CC[C@@]21C. The van der Waals surface area contributed by atoms with E-state index in [1.54, 1.807) is 0 Å². The van der Waals surface area contributed by atoms with E-state index in [0.717, 1.165) is 36.5 Å². The average molecular weight is 305 g/mol. The van der Waals surface area contributed by atoms with Crippen molar-refractivity contribution in [2.45, 2.75) is 97.0 Å². The third-order valence-electron chi connectivity index (χ3n) is 9.49. The van der Waals surface area contributed by atoms with Gasteiger partial charge in [0.15, 0.2) is 0 Å². The van der Waals surface area contributed by atoms with Gasteiger partial charge >= 0.3 is 0 Å². The molecule has 22 heavy (non-hydrogen) atoms. The summed E-state index contributed by atoms with van der Waals surface area (Å²) in [7, 11) is 0. The summed E-state index contributed by atoms with van der Waals surface area (Å²) in [5, 5.41) is 11.2. The molecular formula is C21H36O. The first-order chi connectivity index (χ1) is 10.4. The second-order valence-corrected chi connectivity index (χ2v) is 9.78. The molecule has 0 heterocycles. The van der Waals surface area contributed by atoms with Gasteiger partial charge in [0.25, 0.3) is 0 Å². The van der Waals surface area contributed by atoms with Crippen LogP contribution < -0.4 is 0 Å². The van der Waals surface area contributed by atoms with E-state index in [9.17, 15) is 5.11 Å². The highest BCUT2D eigenvalue weighted by Crippen LogP contribution is 2.68. The molecular weight excluding hydrogens is 268 g/mol. The van der Waals surface area contributed by atoms with Crippen LogP contribution in [0.15, 0.2) is 0 Å². The van der Waals surface area contributed by atoms with Crippen LogP contribution in [0, 0.1) is 34.5 Å². The van der Waals surface area contributed by atoms with Gasteiger partial charge in [-0.2, -0.15) is 0 Å². The Morgan fingerprint density at radius 2 is 1.64 bits per heavy atom. The molecule has 4 aliphatic rings. The Bertz CT molecular complexity index is 443. The van der Waals surface area contributed by atoms with Crippen molar-refractivity contribution in [3.8, 4) is 0 Å². The molecule has 4 rings (SSSR count). The zero-order valence-electron chi connectivity index (χ0n) is 15.0. The third kappa shape index (κ3) is 1.81. The van der Waals surface area contributed by atoms with E-state index < -0.39 is 0 Å². The predicted octanol–water partition coefficient (Wildman–Crippen LogP) is 5.56. The minimum Gasteiger partial charge on any atom is -0.389 e. The largest absolute Gasteiger partial charge is 0.389 e. The molecule has 126 valence electrons. The molecule has 1 nitrogen and oxygen atoms in total. The first-order valence-corrected chi connectivity index (χ1v) is 10.2. The number of fused-ring (bicyclic) bond motifs is 5. The van der Waals surface area contributed by atoms with Gasteiger partial charge in [-0.25, -0.2) is 0 Å². The van der Waals surface area contributed by atoms with Crippen LogP contribution in [-0.2, 0) is 0 Å². The fourth-order valence-corrected chi connectivity index (χ4v) is 7.99. The summed E-state index contributed by atoms with van der Waals surface area (Å²) >= 11 is 0. The van der Waals surface area contributed by atoms with E-state index in [1.807, 2.05) is 0 Å². The Morgan fingerprint density at radius 1 is 0.864 bits per heavy atom. The van der Waals surface area contributed by atoms with E-state index in [2.05, 4.69) is 20.8 Å². The number of hydrogen-bond donors (Lipinski definition) is 1. The van der Waals surface area contributed by atoms with Crippen LogP contribution in [0.1, 0.15) is 91.4 Å². The Balaban J connectivity index is 1.65. The van der Waals surface area contributed by atoms with E-state index in [-0.39, 0.29) is 11.0 Å². The Labute approximate surface area is 137 Å². The molecule has 0 aromatic carbocycles. The van der Waals surface area contributed by atoms with Crippen molar-refractivity contribution < 1.29 is 5.11 Å². The maximum absolute atomic E-state index is 11.2. The molecule has 1 unspecified atom stereocenters. The van der Waals surface area contributed by atoms with E-state index in [0.29, 0.717) is 5.41 Å². The molecule has 1 heteroatoms. The smallest absolute Gasteiger partial charge is 0.0701 e. The Morgan fingerprint density at radius 3 is 2.41 bits per heavy atom. The molecule has 0 bridgehead atoms. The van der Waals surface area contributed by atoms with Gasteiger partial charge in [0.2, 0.25) is 0 Å². The molecule has 0 spiro atoms. The maximum Gasteiger partial charge on any atom is 0.0701 e. The lowest BCUT2D eigenvalue weighted by Crippen LogP contribution is -2.56. The molecule has 0 aromatic rings. The summed E-state index contributed by atoms with van der Waals surface area (Å²) in [5.41, 5.74) is 0.475. The highest BCUT2D eigenvalue weighted by Gasteiger charge is 2.63. The summed E-state index contributed by atoms with van der Waals surface area (Å²) in [6.07, 6.45) is 14.9. The van der Waals surface area contributed by atoms with Gasteiger partial charge in [-0.05, 0) is 92.3 Å². The molecule has 0 amide bonds. The van der Waals surface area contributed by atoms with Crippen molar-refractivity contribution in [3.63, 3.8) is 0 Å². The molecule has 0 aliphatic heterocycles. The quantitative estimate of drug-likeness (QED) is 0.672. The van der Waals surface area contributed by atoms with Crippen molar-refractivity contribution >= 4 is 0 Å². The second-order valence-electron chi connectivity index (χ2n) is 9.78. The highest BCUT2D eigenvalue weighted by atomic mass is 16.3. The molecule has 7 atom stereocenters. The van der Waals surface area contributed by atoms with Crippen LogP contribution in [-0.4, -0.2) is 10.7 Å². The molecule has 4 saturated carbocycles. The van der Waals surface area contributed by atoms with Crippen LogP contribution in [0.4, 0.5) is 0 Å². The first-order valence-electron chi connectivity index (χ1n) is 10.2. The maximum atomic E-state index is 11.2. The van der Waals surface area contributed by atoms with Gasteiger partial charge in [-0.3, -0.25) is 0 Å². The molecule has 4 aliphatic carbocycles. The van der Waals surface area contributed by atoms with Crippen LogP contribution in [0.3, 0.4) is 0 Å². The Hall–Kier alpha value is -0.0400. The van der Waals surface area contributed by atoms with Gasteiger partial charge in [-0.15, -0.1) is 0 Å². The first kappa shape index (κ1) is 15.5. The summed E-state index contributed by atoms with van der Waals surface area (Å²) < 4.78 is 0. The second kappa shape index (κ2) is 4.98. The number of rotatable bonds is 1. The van der Waals surface area contributed by atoms with Crippen molar-refractivity contribution in [2.24, 2.45) is 34.5 Å². The van der Waals surface area contributed by atoms with Crippen molar-refractivity contribution in [1.29, 1.82) is 0 Å². The van der Waals surface area contributed by atoms with Gasteiger partial charge in [0.1, 0.15) is 0 Å². The summed E-state index contributed by atoms with van der Waals surface area (Å²) in [6.45, 7) is 7.30. The summed E-state index contributed by atoms with van der Waals surface area (Å²) in [4.78, 5) is 0. The molecule has 4 fully saturated rings. The van der Waals surface area contributed by atoms with E-state index in [4.69, 9.17) is 0 Å². The van der Waals surface area contributed by atoms with Crippen LogP contribution >= 0.6 is 0 Å². The van der Waals surface area contributed by atoms with E-state index >= 15 is 0 Å². The fraction of sp³-hybridized carbons (Fsp3) is 1.00. The van der Waals surface area contributed by atoms with Crippen molar-refractivity contribution in [3.05, 3.63) is 0 Å². The average Bonchev–Trinajstić information content (AvgIpc) is 2.79. The monoisotopic (exact) mass is 304 g/mol. The minimum absolute atomic E-state index is 0.209. The number of aliphatic hydroxyl groups is 1. The van der Waals surface area contributed by atoms with Gasteiger partial charge < -0.3 is 5.11 Å². The summed E-state index contributed by atoms with van der Waals surface area (Å²) in [5.74, 6) is 3.69. The van der Waals surface area contributed by atoms with Crippen LogP contribution in [0.5, 0.6) is 0 Å². The molecule has 1 N–H and O–H groups in total. The fourth-order valence-electron chi connectivity index (χ4n) is 7.99. The van der Waals surface area contributed by atoms with Crippen LogP contribution in [0.2, 0.25) is 0 Å². The topological polar surface area (TPSA) is 20.2 Å². The third-order valence-corrected chi connectivity index (χ3v) is 9.49. The zero-order chi connectivity index (χ0) is 15.6. The lowest BCUT2D eigenvalue weighted by atomic mass is 9.44. The lowest BCUT2D eigenvalue weighted by molar-refractivity contribution is -0.152. The van der Waals surface area contributed by atoms with E-state index in [1.165, 1.54) is 57.8 Å². The van der Waals surface area contributed by atoms with Crippen molar-refractivity contribution in [1.82, 2.24) is 0 Å². The Kier molecular flexibility index (Phi) is 3.50. The lowest BCUT2D eigenvalue weighted by Gasteiger charge is -2.61. The normalized spacial score (nSPS) is 57.8. The van der Waals surface area contributed by atoms with Gasteiger partial charge in [0.05, 0.1) is 5.60 Å². The van der Waals surface area contributed by atoms with Gasteiger partial charge in [-0.1, -0.05) is 33.6 Å². The van der Waals surface area contributed by atoms with Gasteiger partial charge in [0, 0.05) is 0 Å². The molecule has 0 radical (unpaired) electrons.